The van der Waals surface area contributed by atoms with E-state index in [9.17, 15) is 0 Å². The van der Waals surface area contributed by atoms with Crippen molar-refractivity contribution in [1.29, 1.82) is 0 Å². The molecule has 2 heteroatoms. The van der Waals surface area contributed by atoms with Gasteiger partial charge in [-0.25, -0.2) is 0 Å². The lowest BCUT2D eigenvalue weighted by molar-refractivity contribution is 0.494. The van der Waals surface area contributed by atoms with Gasteiger partial charge in [0.15, 0.2) is 0 Å². The summed E-state index contributed by atoms with van der Waals surface area (Å²) in [7, 11) is 0. The highest BCUT2D eigenvalue weighted by Gasteiger charge is 2.23. The van der Waals surface area contributed by atoms with E-state index in [0.29, 0.717) is 0 Å². The van der Waals surface area contributed by atoms with Crippen molar-refractivity contribution in [2.45, 2.75) is 54.5 Å². The van der Waals surface area contributed by atoms with Gasteiger partial charge in [0.1, 0.15) is 11.5 Å². The standard InChI is InChI=1S/C19H27NO/c1-8-20-19(17-10-13(4)21-16(17)7)18-14(5)11(2)9-12(3)15(18)6/h9-10,19-20H,8H2,1-7H3. The topological polar surface area (TPSA) is 25.2 Å². The number of nitrogens with one attached hydrogen (secondary N) is 1. The summed E-state index contributed by atoms with van der Waals surface area (Å²) in [6.45, 7) is 16.0. The van der Waals surface area contributed by atoms with Crippen LogP contribution in [0.25, 0.3) is 0 Å². The van der Waals surface area contributed by atoms with Gasteiger partial charge in [-0.15, -0.1) is 0 Å². The zero-order valence-electron chi connectivity index (χ0n) is 14.3. The molecular formula is C19H27NO. The average Bonchev–Trinajstić information content (AvgIpc) is 2.74. The van der Waals surface area contributed by atoms with Crippen molar-refractivity contribution in [2.24, 2.45) is 0 Å². The minimum atomic E-state index is 0.200. The average molecular weight is 285 g/mol. The number of rotatable bonds is 4. The molecule has 0 aliphatic carbocycles. The molecule has 114 valence electrons. The van der Waals surface area contributed by atoms with Crippen LogP contribution < -0.4 is 5.32 Å². The molecule has 2 nitrogen and oxygen atoms in total. The summed E-state index contributed by atoms with van der Waals surface area (Å²) in [5, 5.41) is 3.65. The highest BCUT2D eigenvalue weighted by molar-refractivity contribution is 5.49. The maximum atomic E-state index is 5.76. The highest BCUT2D eigenvalue weighted by Crippen LogP contribution is 2.34. The van der Waals surface area contributed by atoms with Crippen molar-refractivity contribution < 1.29 is 4.42 Å². The van der Waals surface area contributed by atoms with Gasteiger partial charge in [-0.05, 0) is 82.0 Å². The van der Waals surface area contributed by atoms with E-state index in [-0.39, 0.29) is 6.04 Å². The van der Waals surface area contributed by atoms with Gasteiger partial charge in [0.25, 0.3) is 0 Å². The van der Waals surface area contributed by atoms with Crippen LogP contribution in [-0.2, 0) is 0 Å². The zero-order chi connectivity index (χ0) is 15.7. The molecule has 1 N–H and O–H groups in total. The summed E-state index contributed by atoms with van der Waals surface area (Å²) in [4.78, 5) is 0. The lowest BCUT2D eigenvalue weighted by Crippen LogP contribution is -2.24. The van der Waals surface area contributed by atoms with Gasteiger partial charge in [0, 0.05) is 5.56 Å². The Morgan fingerprint density at radius 3 is 1.95 bits per heavy atom. The first kappa shape index (κ1) is 15.8. The molecule has 1 aromatic heterocycles. The van der Waals surface area contributed by atoms with Crippen LogP contribution in [0.2, 0.25) is 0 Å². The molecule has 0 spiro atoms. The first-order valence-corrected chi connectivity index (χ1v) is 7.74. The predicted molar refractivity (Wildman–Crippen MR) is 89.1 cm³/mol. The normalized spacial score (nSPS) is 12.7. The molecule has 0 fully saturated rings. The zero-order valence-corrected chi connectivity index (χ0v) is 14.3. The second-order valence-electron chi connectivity index (χ2n) is 6.03. The van der Waals surface area contributed by atoms with E-state index in [0.717, 1.165) is 18.1 Å². The second-order valence-corrected chi connectivity index (χ2v) is 6.03. The number of hydrogen-bond donors (Lipinski definition) is 1. The Morgan fingerprint density at radius 1 is 0.952 bits per heavy atom. The lowest BCUT2D eigenvalue weighted by Gasteiger charge is -2.25. The van der Waals surface area contributed by atoms with E-state index in [4.69, 9.17) is 4.42 Å². The molecule has 0 saturated heterocycles. The van der Waals surface area contributed by atoms with Gasteiger partial charge < -0.3 is 9.73 Å². The molecular weight excluding hydrogens is 258 g/mol. The van der Waals surface area contributed by atoms with Crippen LogP contribution in [0.5, 0.6) is 0 Å². The van der Waals surface area contributed by atoms with Crippen LogP contribution in [0, 0.1) is 41.5 Å². The molecule has 1 unspecified atom stereocenters. The maximum Gasteiger partial charge on any atom is 0.106 e. The monoisotopic (exact) mass is 285 g/mol. The lowest BCUT2D eigenvalue weighted by atomic mass is 9.86. The van der Waals surface area contributed by atoms with Gasteiger partial charge in [-0.1, -0.05) is 13.0 Å². The van der Waals surface area contributed by atoms with Crippen LogP contribution in [0.15, 0.2) is 16.5 Å². The van der Waals surface area contributed by atoms with Gasteiger partial charge >= 0.3 is 0 Å². The fourth-order valence-corrected chi connectivity index (χ4v) is 3.19. The Hall–Kier alpha value is -1.54. The minimum Gasteiger partial charge on any atom is -0.466 e. The number of benzene rings is 1. The summed E-state index contributed by atoms with van der Waals surface area (Å²) in [5.41, 5.74) is 8.12. The molecule has 21 heavy (non-hydrogen) atoms. The second kappa shape index (κ2) is 6.07. The van der Waals surface area contributed by atoms with E-state index < -0.39 is 0 Å². The Bertz CT molecular complexity index is 626. The Morgan fingerprint density at radius 2 is 1.52 bits per heavy atom. The molecule has 0 radical (unpaired) electrons. The van der Waals surface area contributed by atoms with Gasteiger partial charge in [-0.2, -0.15) is 0 Å². The van der Waals surface area contributed by atoms with Crippen LogP contribution in [0.1, 0.15) is 57.9 Å². The van der Waals surface area contributed by atoms with Crippen molar-refractivity contribution in [1.82, 2.24) is 5.32 Å². The van der Waals surface area contributed by atoms with E-state index in [2.05, 4.69) is 59.0 Å². The van der Waals surface area contributed by atoms with Crippen LogP contribution in [0.4, 0.5) is 0 Å². The fraction of sp³-hybridized carbons (Fsp3) is 0.474. The Labute approximate surface area is 128 Å². The SMILES string of the molecule is CCNC(c1cc(C)oc1C)c1c(C)c(C)cc(C)c1C. The van der Waals surface area contributed by atoms with Crippen molar-refractivity contribution in [3.63, 3.8) is 0 Å². The number of furan rings is 1. The molecule has 2 aromatic rings. The number of aryl methyl sites for hydroxylation is 4. The van der Waals surface area contributed by atoms with Gasteiger partial charge in [0.05, 0.1) is 6.04 Å². The quantitative estimate of drug-likeness (QED) is 0.870. The Kier molecular flexibility index (Phi) is 4.58. The number of hydrogen-bond acceptors (Lipinski definition) is 2. The molecule has 2 rings (SSSR count). The molecule has 0 aliphatic rings. The molecule has 1 atom stereocenters. The Balaban J connectivity index is 2.66. The first-order chi connectivity index (χ1) is 9.86. The third-order valence-corrected chi connectivity index (χ3v) is 4.51. The van der Waals surface area contributed by atoms with E-state index >= 15 is 0 Å². The van der Waals surface area contributed by atoms with E-state index in [1.165, 1.54) is 33.4 Å². The summed E-state index contributed by atoms with van der Waals surface area (Å²) in [6, 6.07) is 4.65. The smallest absolute Gasteiger partial charge is 0.106 e. The molecule has 0 bridgehead atoms. The van der Waals surface area contributed by atoms with Crippen molar-refractivity contribution in [2.75, 3.05) is 6.54 Å². The first-order valence-electron chi connectivity index (χ1n) is 7.74. The summed E-state index contributed by atoms with van der Waals surface area (Å²) >= 11 is 0. The fourth-order valence-electron chi connectivity index (χ4n) is 3.19. The summed E-state index contributed by atoms with van der Waals surface area (Å²) < 4.78 is 5.76. The van der Waals surface area contributed by atoms with Gasteiger partial charge in [0.2, 0.25) is 0 Å². The van der Waals surface area contributed by atoms with Crippen LogP contribution in [-0.4, -0.2) is 6.54 Å². The van der Waals surface area contributed by atoms with Crippen LogP contribution >= 0.6 is 0 Å². The van der Waals surface area contributed by atoms with Crippen molar-refractivity contribution >= 4 is 0 Å². The van der Waals surface area contributed by atoms with Crippen LogP contribution in [0.3, 0.4) is 0 Å². The van der Waals surface area contributed by atoms with Crippen molar-refractivity contribution in [3.8, 4) is 0 Å². The third-order valence-electron chi connectivity index (χ3n) is 4.51. The van der Waals surface area contributed by atoms with Crippen molar-refractivity contribution in [3.05, 3.63) is 57.0 Å². The third kappa shape index (κ3) is 2.91. The van der Waals surface area contributed by atoms with E-state index in [1.54, 1.807) is 0 Å². The predicted octanol–water partition coefficient (Wildman–Crippen LogP) is 4.83. The largest absolute Gasteiger partial charge is 0.466 e. The highest BCUT2D eigenvalue weighted by atomic mass is 16.3. The molecule has 1 aromatic carbocycles. The van der Waals surface area contributed by atoms with E-state index in [1.807, 2.05) is 6.92 Å². The summed E-state index contributed by atoms with van der Waals surface area (Å²) in [6.07, 6.45) is 0. The van der Waals surface area contributed by atoms with Gasteiger partial charge in [-0.3, -0.25) is 0 Å². The molecule has 0 aliphatic heterocycles. The molecule has 1 heterocycles. The maximum absolute atomic E-state index is 5.76. The molecule has 0 saturated carbocycles. The minimum absolute atomic E-state index is 0.200. The molecule has 0 amide bonds. The summed E-state index contributed by atoms with van der Waals surface area (Å²) in [5.74, 6) is 1.99.